The second kappa shape index (κ2) is 7.54. The summed E-state index contributed by atoms with van der Waals surface area (Å²) in [5.74, 6) is -0.968. The predicted octanol–water partition coefficient (Wildman–Crippen LogP) is 2.49. The first-order valence-corrected chi connectivity index (χ1v) is 7.31. The van der Waals surface area contributed by atoms with E-state index >= 15 is 0 Å². The highest BCUT2D eigenvalue weighted by Gasteiger charge is 2.09. The molecule has 0 atom stereocenters. The molecule has 0 bridgehead atoms. The SMILES string of the molecule is Cc1cc(C)cc(C(=O)NCC(=O)NCc2cccc(F)c2)c1. The number of hydrogen-bond acceptors (Lipinski definition) is 2. The van der Waals surface area contributed by atoms with Crippen LogP contribution in [0.1, 0.15) is 27.0 Å². The Bertz CT molecular complexity index is 708. The number of benzene rings is 2. The molecule has 23 heavy (non-hydrogen) atoms. The van der Waals surface area contributed by atoms with Gasteiger partial charge in [0.1, 0.15) is 5.82 Å². The molecular formula is C18H19FN2O2. The van der Waals surface area contributed by atoms with Crippen LogP contribution in [0.15, 0.2) is 42.5 Å². The zero-order valence-corrected chi connectivity index (χ0v) is 13.2. The van der Waals surface area contributed by atoms with Crippen molar-refractivity contribution in [2.24, 2.45) is 0 Å². The summed E-state index contributed by atoms with van der Waals surface area (Å²) in [5, 5.41) is 5.21. The lowest BCUT2D eigenvalue weighted by Crippen LogP contribution is -2.36. The zero-order chi connectivity index (χ0) is 16.8. The molecule has 2 amide bonds. The highest BCUT2D eigenvalue weighted by atomic mass is 19.1. The predicted molar refractivity (Wildman–Crippen MR) is 86.5 cm³/mol. The summed E-state index contributed by atoms with van der Waals surface area (Å²) >= 11 is 0. The minimum Gasteiger partial charge on any atom is -0.350 e. The molecule has 0 radical (unpaired) electrons. The van der Waals surface area contributed by atoms with Gasteiger partial charge in [-0.3, -0.25) is 9.59 Å². The molecule has 2 aromatic rings. The van der Waals surface area contributed by atoms with Crippen LogP contribution in [-0.2, 0) is 11.3 Å². The third-order valence-corrected chi connectivity index (χ3v) is 3.27. The van der Waals surface area contributed by atoms with Gasteiger partial charge >= 0.3 is 0 Å². The van der Waals surface area contributed by atoms with Crippen molar-refractivity contribution in [2.45, 2.75) is 20.4 Å². The van der Waals surface area contributed by atoms with Gasteiger partial charge in [0, 0.05) is 12.1 Å². The van der Waals surface area contributed by atoms with Crippen molar-refractivity contribution in [1.29, 1.82) is 0 Å². The quantitative estimate of drug-likeness (QED) is 0.891. The van der Waals surface area contributed by atoms with Crippen molar-refractivity contribution in [3.05, 3.63) is 70.5 Å². The molecule has 0 aliphatic carbocycles. The van der Waals surface area contributed by atoms with Gasteiger partial charge in [-0.25, -0.2) is 4.39 Å². The molecule has 0 fully saturated rings. The van der Waals surface area contributed by atoms with Gasteiger partial charge in [-0.05, 0) is 43.7 Å². The highest BCUT2D eigenvalue weighted by molar-refractivity contribution is 5.96. The lowest BCUT2D eigenvalue weighted by Gasteiger charge is -2.08. The minimum absolute atomic E-state index is 0.124. The highest BCUT2D eigenvalue weighted by Crippen LogP contribution is 2.08. The van der Waals surface area contributed by atoms with Gasteiger partial charge in [0.25, 0.3) is 5.91 Å². The topological polar surface area (TPSA) is 58.2 Å². The monoisotopic (exact) mass is 314 g/mol. The van der Waals surface area contributed by atoms with E-state index in [4.69, 9.17) is 0 Å². The van der Waals surface area contributed by atoms with Crippen LogP contribution in [0, 0.1) is 19.7 Å². The summed E-state index contributed by atoms with van der Waals surface area (Å²) in [6.45, 7) is 3.92. The van der Waals surface area contributed by atoms with Crippen LogP contribution in [0.4, 0.5) is 4.39 Å². The number of carbonyl (C=O) groups excluding carboxylic acids is 2. The van der Waals surface area contributed by atoms with Crippen molar-refractivity contribution >= 4 is 11.8 Å². The fourth-order valence-electron chi connectivity index (χ4n) is 2.28. The van der Waals surface area contributed by atoms with E-state index in [1.54, 1.807) is 24.3 Å². The molecule has 5 heteroatoms. The van der Waals surface area contributed by atoms with Crippen LogP contribution in [0.3, 0.4) is 0 Å². The lowest BCUT2D eigenvalue weighted by molar-refractivity contribution is -0.120. The van der Waals surface area contributed by atoms with Gasteiger partial charge in [0.2, 0.25) is 5.91 Å². The van der Waals surface area contributed by atoms with E-state index in [-0.39, 0.29) is 30.7 Å². The number of hydrogen-bond donors (Lipinski definition) is 2. The number of nitrogens with one attached hydrogen (secondary N) is 2. The van der Waals surface area contributed by atoms with Gasteiger partial charge in [0.15, 0.2) is 0 Å². The maximum Gasteiger partial charge on any atom is 0.251 e. The molecule has 0 saturated heterocycles. The summed E-state index contributed by atoms with van der Waals surface area (Å²) in [7, 11) is 0. The Labute approximate surface area is 134 Å². The van der Waals surface area contributed by atoms with Crippen molar-refractivity contribution in [1.82, 2.24) is 10.6 Å². The number of amides is 2. The molecule has 0 aliphatic heterocycles. The van der Waals surface area contributed by atoms with E-state index in [0.717, 1.165) is 11.1 Å². The van der Waals surface area contributed by atoms with E-state index in [0.29, 0.717) is 11.1 Å². The average molecular weight is 314 g/mol. The molecule has 2 N–H and O–H groups in total. The van der Waals surface area contributed by atoms with Gasteiger partial charge in [-0.1, -0.05) is 29.3 Å². The third-order valence-electron chi connectivity index (χ3n) is 3.27. The maximum atomic E-state index is 13.0. The Balaban J connectivity index is 1.83. The lowest BCUT2D eigenvalue weighted by atomic mass is 10.1. The van der Waals surface area contributed by atoms with Crippen molar-refractivity contribution < 1.29 is 14.0 Å². The number of carbonyl (C=O) groups is 2. The molecule has 0 unspecified atom stereocenters. The summed E-state index contributed by atoms with van der Waals surface area (Å²) in [6, 6.07) is 11.5. The van der Waals surface area contributed by atoms with Crippen LogP contribution >= 0.6 is 0 Å². The summed E-state index contributed by atoms with van der Waals surface area (Å²) in [5.41, 5.74) is 3.18. The molecule has 120 valence electrons. The Hall–Kier alpha value is -2.69. The zero-order valence-electron chi connectivity index (χ0n) is 13.2. The van der Waals surface area contributed by atoms with Crippen LogP contribution in [0.5, 0.6) is 0 Å². The molecule has 4 nitrogen and oxygen atoms in total. The van der Waals surface area contributed by atoms with Crippen molar-refractivity contribution in [3.8, 4) is 0 Å². The summed E-state index contributed by atoms with van der Waals surface area (Å²) in [4.78, 5) is 23.8. The molecular weight excluding hydrogens is 295 g/mol. The Morgan fingerprint density at radius 2 is 1.70 bits per heavy atom. The number of rotatable bonds is 5. The minimum atomic E-state index is -0.347. The molecule has 0 heterocycles. The van der Waals surface area contributed by atoms with E-state index in [1.165, 1.54) is 12.1 Å². The average Bonchev–Trinajstić information content (AvgIpc) is 2.49. The van der Waals surface area contributed by atoms with Gasteiger partial charge in [-0.2, -0.15) is 0 Å². The van der Waals surface area contributed by atoms with Crippen molar-refractivity contribution in [3.63, 3.8) is 0 Å². The smallest absolute Gasteiger partial charge is 0.251 e. The van der Waals surface area contributed by atoms with Gasteiger partial charge in [0.05, 0.1) is 6.54 Å². The molecule has 2 aromatic carbocycles. The number of aryl methyl sites for hydroxylation is 2. The van der Waals surface area contributed by atoms with Crippen LogP contribution in [0.25, 0.3) is 0 Å². The van der Waals surface area contributed by atoms with E-state index in [2.05, 4.69) is 10.6 Å². The van der Waals surface area contributed by atoms with E-state index in [9.17, 15) is 14.0 Å². The van der Waals surface area contributed by atoms with Gasteiger partial charge in [-0.15, -0.1) is 0 Å². The molecule has 2 rings (SSSR count). The molecule has 0 saturated carbocycles. The first-order valence-electron chi connectivity index (χ1n) is 7.31. The number of halogens is 1. The first-order chi connectivity index (χ1) is 10.9. The fraction of sp³-hybridized carbons (Fsp3) is 0.222. The van der Waals surface area contributed by atoms with Crippen LogP contribution in [-0.4, -0.2) is 18.4 Å². The second-order valence-corrected chi connectivity index (χ2v) is 5.47. The van der Waals surface area contributed by atoms with Gasteiger partial charge < -0.3 is 10.6 Å². The Morgan fingerprint density at radius 1 is 1.00 bits per heavy atom. The summed E-state index contributed by atoms with van der Waals surface area (Å²) < 4.78 is 13.0. The van der Waals surface area contributed by atoms with E-state index < -0.39 is 0 Å². The third kappa shape index (κ3) is 5.21. The van der Waals surface area contributed by atoms with Crippen LogP contribution < -0.4 is 10.6 Å². The molecule has 0 aromatic heterocycles. The standard InChI is InChI=1S/C18H19FN2O2/c1-12-6-13(2)8-15(7-12)18(23)21-11-17(22)20-10-14-4-3-5-16(19)9-14/h3-9H,10-11H2,1-2H3,(H,20,22)(H,21,23). The summed E-state index contributed by atoms with van der Waals surface area (Å²) in [6.07, 6.45) is 0. The van der Waals surface area contributed by atoms with Crippen molar-refractivity contribution in [2.75, 3.05) is 6.54 Å². The molecule has 0 aliphatic rings. The largest absolute Gasteiger partial charge is 0.350 e. The first kappa shape index (κ1) is 16.7. The van der Waals surface area contributed by atoms with E-state index in [1.807, 2.05) is 19.9 Å². The van der Waals surface area contributed by atoms with Crippen LogP contribution in [0.2, 0.25) is 0 Å². The maximum absolute atomic E-state index is 13.0. The second-order valence-electron chi connectivity index (χ2n) is 5.47. The Kier molecular flexibility index (Phi) is 5.46. The fourth-order valence-corrected chi connectivity index (χ4v) is 2.28. The molecule has 0 spiro atoms. The normalized spacial score (nSPS) is 10.2. The Morgan fingerprint density at radius 3 is 2.35 bits per heavy atom.